The minimum absolute atomic E-state index is 0.0202. The molecule has 0 aliphatic carbocycles. The molecule has 0 spiro atoms. The molecule has 0 saturated heterocycles. The number of aromatic nitrogens is 2. The smallest absolute Gasteiger partial charge is 0.182 e. The van der Waals surface area contributed by atoms with Crippen LogP contribution in [-0.2, 0) is 9.84 Å². The maximum Gasteiger partial charge on any atom is 0.182 e. The van der Waals surface area contributed by atoms with Crippen LogP contribution in [0.3, 0.4) is 0 Å². The molecule has 21 heavy (non-hydrogen) atoms. The lowest BCUT2D eigenvalue weighted by Gasteiger charge is -2.14. The lowest BCUT2D eigenvalue weighted by molar-refractivity contribution is 0.602. The SMILES string of the molecule is CCN(C)c1nn(-c2ccccc2Cl)c(N)c1S(C)(=O)=O. The third-order valence-electron chi connectivity index (χ3n) is 3.15. The normalized spacial score (nSPS) is 11.6. The molecule has 1 aromatic heterocycles. The fraction of sp³-hybridized carbons (Fsp3) is 0.308. The van der Waals surface area contributed by atoms with Crippen LogP contribution in [-0.4, -0.2) is 38.0 Å². The molecule has 0 fully saturated rings. The van der Waals surface area contributed by atoms with Gasteiger partial charge in [0.15, 0.2) is 20.6 Å². The Bertz CT molecular complexity index is 770. The van der Waals surface area contributed by atoms with Crippen LogP contribution in [0.2, 0.25) is 5.02 Å². The van der Waals surface area contributed by atoms with Crippen molar-refractivity contribution < 1.29 is 8.42 Å². The predicted molar refractivity (Wildman–Crippen MR) is 85.0 cm³/mol. The van der Waals surface area contributed by atoms with Crippen molar-refractivity contribution in [3.05, 3.63) is 29.3 Å². The Labute approximate surface area is 129 Å². The van der Waals surface area contributed by atoms with Crippen molar-refractivity contribution in [3.63, 3.8) is 0 Å². The zero-order valence-electron chi connectivity index (χ0n) is 12.0. The molecule has 0 atom stereocenters. The lowest BCUT2D eigenvalue weighted by Crippen LogP contribution is -2.19. The minimum Gasteiger partial charge on any atom is -0.382 e. The Morgan fingerprint density at radius 3 is 2.52 bits per heavy atom. The topological polar surface area (TPSA) is 81.2 Å². The van der Waals surface area contributed by atoms with Crippen molar-refractivity contribution in [2.75, 3.05) is 30.5 Å². The van der Waals surface area contributed by atoms with Gasteiger partial charge < -0.3 is 10.6 Å². The average molecular weight is 329 g/mol. The van der Waals surface area contributed by atoms with Gasteiger partial charge in [0.05, 0.1) is 10.7 Å². The Hall–Kier alpha value is -1.73. The molecule has 2 rings (SSSR count). The zero-order valence-corrected chi connectivity index (χ0v) is 13.6. The molecule has 8 heteroatoms. The van der Waals surface area contributed by atoms with Crippen molar-refractivity contribution >= 4 is 33.1 Å². The van der Waals surface area contributed by atoms with Crippen LogP contribution in [0.4, 0.5) is 11.6 Å². The van der Waals surface area contributed by atoms with Gasteiger partial charge >= 0.3 is 0 Å². The molecule has 0 saturated carbocycles. The number of rotatable bonds is 4. The summed E-state index contributed by atoms with van der Waals surface area (Å²) >= 11 is 6.14. The van der Waals surface area contributed by atoms with E-state index in [1.807, 2.05) is 6.92 Å². The van der Waals surface area contributed by atoms with Crippen LogP contribution in [0.15, 0.2) is 29.2 Å². The number of sulfone groups is 1. The summed E-state index contributed by atoms with van der Waals surface area (Å²) in [5.74, 6) is 0.373. The highest BCUT2D eigenvalue weighted by Gasteiger charge is 2.27. The first-order valence-electron chi connectivity index (χ1n) is 6.32. The molecule has 0 aliphatic heterocycles. The van der Waals surface area contributed by atoms with Gasteiger partial charge in [-0.3, -0.25) is 0 Å². The summed E-state index contributed by atoms with van der Waals surface area (Å²) < 4.78 is 25.4. The minimum atomic E-state index is -3.51. The summed E-state index contributed by atoms with van der Waals surface area (Å²) in [5.41, 5.74) is 6.56. The summed E-state index contributed by atoms with van der Waals surface area (Å²) in [4.78, 5) is 1.74. The van der Waals surface area contributed by atoms with E-state index in [0.717, 1.165) is 6.26 Å². The molecule has 0 aliphatic rings. The monoisotopic (exact) mass is 328 g/mol. The molecule has 6 nitrogen and oxygen atoms in total. The Morgan fingerprint density at radius 2 is 2.00 bits per heavy atom. The molecule has 114 valence electrons. The number of nitrogen functional groups attached to an aromatic ring is 1. The number of nitrogens with zero attached hydrogens (tertiary/aromatic N) is 3. The van der Waals surface area contributed by atoms with Crippen molar-refractivity contribution in [2.24, 2.45) is 0 Å². The van der Waals surface area contributed by atoms with Gasteiger partial charge in [-0.05, 0) is 19.1 Å². The summed E-state index contributed by atoms with van der Waals surface area (Å²) in [7, 11) is -1.76. The van der Waals surface area contributed by atoms with E-state index in [4.69, 9.17) is 17.3 Å². The van der Waals surface area contributed by atoms with Crippen LogP contribution in [0, 0.1) is 0 Å². The van der Waals surface area contributed by atoms with Crippen LogP contribution in [0.1, 0.15) is 6.92 Å². The average Bonchev–Trinajstić information content (AvgIpc) is 2.76. The Kier molecular flexibility index (Phi) is 4.15. The third-order valence-corrected chi connectivity index (χ3v) is 4.60. The van der Waals surface area contributed by atoms with E-state index in [1.54, 1.807) is 36.2 Å². The van der Waals surface area contributed by atoms with Gasteiger partial charge in [-0.15, -0.1) is 5.10 Å². The Morgan fingerprint density at radius 1 is 1.38 bits per heavy atom. The molecule has 0 bridgehead atoms. The first-order valence-corrected chi connectivity index (χ1v) is 8.59. The van der Waals surface area contributed by atoms with Gasteiger partial charge in [-0.25, -0.2) is 13.1 Å². The van der Waals surface area contributed by atoms with Gasteiger partial charge in [-0.2, -0.15) is 0 Å². The van der Waals surface area contributed by atoms with Crippen LogP contribution in [0.5, 0.6) is 0 Å². The van der Waals surface area contributed by atoms with Crippen LogP contribution >= 0.6 is 11.6 Å². The fourth-order valence-corrected chi connectivity index (χ4v) is 3.18. The summed E-state index contributed by atoms with van der Waals surface area (Å²) in [6.45, 7) is 2.50. The maximum absolute atomic E-state index is 12.0. The number of para-hydroxylation sites is 1. The van der Waals surface area contributed by atoms with Crippen molar-refractivity contribution in [2.45, 2.75) is 11.8 Å². The van der Waals surface area contributed by atoms with Crippen molar-refractivity contribution in [1.29, 1.82) is 0 Å². The summed E-state index contributed by atoms with van der Waals surface area (Å²) in [5, 5.41) is 4.77. The molecule has 0 radical (unpaired) electrons. The molecule has 1 aromatic carbocycles. The van der Waals surface area contributed by atoms with E-state index >= 15 is 0 Å². The fourth-order valence-electron chi connectivity index (χ4n) is 1.97. The molecule has 0 unspecified atom stereocenters. The molecule has 2 N–H and O–H groups in total. The predicted octanol–water partition coefficient (Wildman–Crippen LogP) is 1.97. The lowest BCUT2D eigenvalue weighted by atomic mass is 10.3. The first-order chi connectivity index (χ1) is 9.77. The largest absolute Gasteiger partial charge is 0.382 e. The second kappa shape index (κ2) is 5.57. The van der Waals surface area contributed by atoms with Gasteiger partial charge in [0.1, 0.15) is 5.82 Å². The number of hydrogen-bond acceptors (Lipinski definition) is 5. The van der Waals surface area contributed by atoms with E-state index in [0.29, 0.717) is 23.1 Å². The number of anilines is 2. The van der Waals surface area contributed by atoms with E-state index in [9.17, 15) is 8.42 Å². The number of hydrogen-bond donors (Lipinski definition) is 1. The second-order valence-electron chi connectivity index (χ2n) is 4.69. The number of nitrogens with two attached hydrogens (primary N) is 1. The standard InChI is InChI=1S/C13H17ClN4O2S/c1-4-17(2)13-11(21(3,19)20)12(15)18(16-13)10-8-6-5-7-9(10)14/h5-8H,4,15H2,1-3H3. The molecule has 2 aromatic rings. The van der Waals surface area contributed by atoms with Gasteiger partial charge in [-0.1, -0.05) is 23.7 Å². The molecule has 1 heterocycles. The third kappa shape index (κ3) is 2.84. The highest BCUT2D eigenvalue weighted by atomic mass is 35.5. The van der Waals surface area contributed by atoms with Gasteiger partial charge in [0.25, 0.3) is 0 Å². The van der Waals surface area contributed by atoms with E-state index < -0.39 is 9.84 Å². The highest BCUT2D eigenvalue weighted by Crippen LogP contribution is 2.33. The van der Waals surface area contributed by atoms with E-state index in [-0.39, 0.29) is 10.7 Å². The molecular formula is C13H17ClN4O2S. The van der Waals surface area contributed by atoms with Gasteiger partial charge in [0.2, 0.25) is 0 Å². The first kappa shape index (κ1) is 15.7. The number of benzene rings is 1. The van der Waals surface area contributed by atoms with E-state index in [2.05, 4.69) is 5.10 Å². The van der Waals surface area contributed by atoms with E-state index in [1.165, 1.54) is 4.68 Å². The van der Waals surface area contributed by atoms with Gasteiger partial charge in [0, 0.05) is 19.8 Å². The summed E-state index contributed by atoms with van der Waals surface area (Å²) in [6, 6.07) is 6.99. The van der Waals surface area contributed by atoms with Crippen LogP contribution < -0.4 is 10.6 Å². The Balaban J connectivity index is 2.77. The second-order valence-corrected chi connectivity index (χ2v) is 7.05. The summed E-state index contributed by atoms with van der Waals surface area (Å²) in [6.07, 6.45) is 1.12. The van der Waals surface area contributed by atoms with Crippen molar-refractivity contribution in [1.82, 2.24) is 9.78 Å². The molecule has 0 amide bonds. The highest BCUT2D eigenvalue weighted by molar-refractivity contribution is 7.91. The number of halogens is 1. The zero-order chi connectivity index (χ0) is 15.8. The maximum atomic E-state index is 12.0. The molecular weight excluding hydrogens is 312 g/mol. The van der Waals surface area contributed by atoms with Crippen molar-refractivity contribution in [3.8, 4) is 5.69 Å². The van der Waals surface area contributed by atoms with Crippen LogP contribution in [0.25, 0.3) is 5.69 Å². The quantitative estimate of drug-likeness (QED) is 0.928.